The largest absolute Gasteiger partial charge is 0.421 e. The van der Waals surface area contributed by atoms with Gasteiger partial charge >= 0.3 is 6.01 Å². The minimum Gasteiger partial charge on any atom is -0.421 e. The second kappa shape index (κ2) is 8.52. The predicted molar refractivity (Wildman–Crippen MR) is 135 cm³/mol. The van der Waals surface area contributed by atoms with Gasteiger partial charge < -0.3 is 25.7 Å². The van der Waals surface area contributed by atoms with Gasteiger partial charge in [0.05, 0.1) is 29.0 Å². The van der Waals surface area contributed by atoms with Crippen molar-refractivity contribution in [2.75, 3.05) is 23.8 Å². The Hall–Kier alpha value is -2.80. The molecule has 1 saturated heterocycles. The van der Waals surface area contributed by atoms with E-state index < -0.39 is 0 Å². The summed E-state index contributed by atoms with van der Waals surface area (Å²) in [4.78, 5) is 23.3. The smallest absolute Gasteiger partial charge is 0.326 e. The molecule has 1 unspecified atom stereocenters. The molecule has 0 bridgehead atoms. The van der Waals surface area contributed by atoms with Crippen LogP contribution in [-0.4, -0.2) is 54.5 Å². The Morgan fingerprint density at radius 1 is 1.27 bits per heavy atom. The summed E-state index contributed by atoms with van der Waals surface area (Å²) in [5, 5.41) is 4.51. The summed E-state index contributed by atoms with van der Waals surface area (Å²) in [6.45, 7) is 4.64. The van der Waals surface area contributed by atoms with Gasteiger partial charge in [-0.3, -0.25) is 0 Å². The van der Waals surface area contributed by atoms with Crippen molar-refractivity contribution >= 4 is 56.0 Å². The SMILES string of the molecule is CNc1cc(F)cc2c1[nH]c1nc(Oc3cnc(C)nc3)nc(N3CC(I)[C@H](N)C[C@H]3C)c12. The van der Waals surface area contributed by atoms with Crippen LogP contribution in [0, 0.1) is 12.7 Å². The van der Waals surface area contributed by atoms with E-state index in [4.69, 9.17) is 15.5 Å². The molecular weight excluding hydrogens is 538 g/mol. The van der Waals surface area contributed by atoms with E-state index in [-0.39, 0.29) is 27.8 Å². The maximum Gasteiger partial charge on any atom is 0.326 e. The standard InChI is InChI=1S/C22H24FIN8O/c1-10-4-16(25)15(24)9-32(10)21-18-14-5-12(23)6-17(26-3)19(14)29-20(18)30-22(31-21)33-13-7-27-11(2)28-8-13/h5-8,10,15-16,26H,4,9,25H2,1-3H3,(H,29,30,31)/t10-,15?,16-/m1/s1. The number of rotatable bonds is 4. The highest BCUT2D eigenvalue weighted by Gasteiger charge is 2.33. The average molecular weight is 562 g/mol. The first-order valence-electron chi connectivity index (χ1n) is 10.7. The third-order valence-electron chi connectivity index (χ3n) is 5.97. The van der Waals surface area contributed by atoms with Crippen LogP contribution >= 0.6 is 22.6 Å². The van der Waals surface area contributed by atoms with Crippen LogP contribution in [0.5, 0.6) is 11.8 Å². The fourth-order valence-electron chi connectivity index (χ4n) is 4.28. The van der Waals surface area contributed by atoms with Crippen molar-refractivity contribution in [3.8, 4) is 11.8 Å². The highest BCUT2D eigenvalue weighted by atomic mass is 127. The zero-order valence-electron chi connectivity index (χ0n) is 18.4. The zero-order chi connectivity index (χ0) is 23.3. The van der Waals surface area contributed by atoms with Crippen molar-refractivity contribution in [2.45, 2.75) is 36.3 Å². The molecule has 11 heteroatoms. The molecule has 3 aromatic heterocycles. The molecule has 1 aliphatic heterocycles. The first kappa shape index (κ1) is 22.0. The molecule has 4 heterocycles. The van der Waals surface area contributed by atoms with Crippen molar-refractivity contribution in [3.63, 3.8) is 0 Å². The van der Waals surface area contributed by atoms with E-state index in [1.807, 2.05) is 0 Å². The fourth-order valence-corrected chi connectivity index (χ4v) is 5.00. The van der Waals surface area contributed by atoms with Crippen molar-refractivity contribution in [2.24, 2.45) is 5.73 Å². The van der Waals surface area contributed by atoms with Crippen molar-refractivity contribution in [1.29, 1.82) is 0 Å². The molecule has 0 amide bonds. The van der Waals surface area contributed by atoms with Gasteiger partial charge in [0.15, 0.2) is 5.75 Å². The van der Waals surface area contributed by atoms with Gasteiger partial charge in [-0.05, 0) is 32.4 Å². The lowest BCUT2D eigenvalue weighted by molar-refractivity contribution is 0.428. The molecule has 5 rings (SSSR count). The predicted octanol–water partition coefficient (Wildman–Crippen LogP) is 3.91. The van der Waals surface area contributed by atoms with Gasteiger partial charge in [-0.1, -0.05) is 22.6 Å². The van der Waals surface area contributed by atoms with Gasteiger partial charge in [-0.25, -0.2) is 14.4 Å². The van der Waals surface area contributed by atoms with Gasteiger partial charge in [0.25, 0.3) is 0 Å². The topological polar surface area (TPSA) is 118 Å². The molecule has 4 aromatic rings. The van der Waals surface area contributed by atoms with Crippen molar-refractivity contribution < 1.29 is 9.13 Å². The summed E-state index contributed by atoms with van der Waals surface area (Å²) in [5.41, 5.74) is 8.29. The highest BCUT2D eigenvalue weighted by Crippen LogP contribution is 2.39. The molecule has 1 aromatic carbocycles. The monoisotopic (exact) mass is 562 g/mol. The van der Waals surface area contributed by atoms with Gasteiger partial charge in [-0.15, -0.1) is 0 Å². The van der Waals surface area contributed by atoms with Gasteiger partial charge in [0.2, 0.25) is 0 Å². The molecule has 33 heavy (non-hydrogen) atoms. The molecule has 172 valence electrons. The maximum absolute atomic E-state index is 14.5. The zero-order valence-corrected chi connectivity index (χ0v) is 20.6. The Labute approximate surface area is 203 Å². The summed E-state index contributed by atoms with van der Waals surface area (Å²) >= 11 is 2.39. The summed E-state index contributed by atoms with van der Waals surface area (Å²) in [5.74, 6) is 1.42. The van der Waals surface area contributed by atoms with Gasteiger partial charge in [0, 0.05) is 35.0 Å². The van der Waals surface area contributed by atoms with Gasteiger partial charge in [0.1, 0.15) is 23.1 Å². The van der Waals surface area contributed by atoms with E-state index in [2.05, 4.69) is 59.7 Å². The number of hydrogen-bond acceptors (Lipinski definition) is 8. The number of anilines is 2. The quantitative estimate of drug-likeness (QED) is 0.253. The lowest BCUT2D eigenvalue weighted by atomic mass is 9.98. The number of nitrogens with zero attached hydrogens (tertiary/aromatic N) is 5. The number of H-pyrrole nitrogens is 1. The number of aromatic amines is 1. The Morgan fingerprint density at radius 2 is 2.03 bits per heavy atom. The van der Waals surface area contributed by atoms with Crippen LogP contribution in [0.3, 0.4) is 0 Å². The minimum absolute atomic E-state index is 0.103. The Morgan fingerprint density at radius 3 is 2.76 bits per heavy atom. The first-order chi connectivity index (χ1) is 15.8. The van der Waals surface area contributed by atoms with E-state index in [9.17, 15) is 4.39 Å². The molecule has 4 N–H and O–H groups in total. The number of aromatic nitrogens is 5. The van der Waals surface area contributed by atoms with Crippen LogP contribution in [0.1, 0.15) is 19.2 Å². The summed E-state index contributed by atoms with van der Waals surface area (Å²) < 4.78 is 20.7. The number of ether oxygens (including phenoxy) is 1. The number of halogens is 2. The number of nitrogens with two attached hydrogens (primary N) is 1. The Kier molecular flexibility index (Phi) is 5.69. The number of aryl methyl sites for hydroxylation is 1. The van der Waals surface area contributed by atoms with Crippen LogP contribution in [0.15, 0.2) is 24.5 Å². The van der Waals surface area contributed by atoms with Crippen molar-refractivity contribution in [1.82, 2.24) is 24.9 Å². The number of alkyl halides is 1. The molecule has 0 spiro atoms. The molecule has 0 radical (unpaired) electrons. The van der Waals surface area contributed by atoms with Crippen molar-refractivity contribution in [3.05, 3.63) is 36.2 Å². The van der Waals surface area contributed by atoms with Crippen LogP contribution in [0.25, 0.3) is 21.9 Å². The molecule has 3 atom stereocenters. The molecule has 9 nitrogen and oxygen atoms in total. The average Bonchev–Trinajstić information content (AvgIpc) is 3.15. The first-order valence-corrected chi connectivity index (χ1v) is 11.9. The van der Waals surface area contributed by atoms with E-state index in [0.29, 0.717) is 40.7 Å². The summed E-state index contributed by atoms with van der Waals surface area (Å²) in [6.07, 6.45) is 3.98. The Balaban J connectivity index is 1.72. The maximum atomic E-state index is 14.5. The lowest BCUT2D eigenvalue weighted by Gasteiger charge is -2.40. The third-order valence-corrected chi connectivity index (χ3v) is 7.29. The molecule has 1 aliphatic rings. The van der Waals surface area contributed by atoms with E-state index >= 15 is 0 Å². The molecule has 1 fully saturated rings. The third kappa shape index (κ3) is 4.03. The molecule has 0 aliphatic carbocycles. The fraction of sp³-hybridized carbons (Fsp3) is 0.364. The summed E-state index contributed by atoms with van der Waals surface area (Å²) in [7, 11) is 1.76. The molecular formula is C22H24FIN8O. The second-order valence-electron chi connectivity index (χ2n) is 8.29. The number of nitrogens with one attached hydrogen (secondary N) is 2. The summed E-state index contributed by atoms with van der Waals surface area (Å²) in [6, 6.07) is 3.37. The van der Waals surface area contributed by atoms with Crippen LogP contribution in [0.2, 0.25) is 0 Å². The number of benzene rings is 1. The lowest BCUT2D eigenvalue weighted by Crippen LogP contribution is -2.52. The minimum atomic E-state index is -0.337. The van der Waals surface area contributed by atoms with E-state index in [0.717, 1.165) is 17.3 Å². The second-order valence-corrected chi connectivity index (χ2v) is 9.89. The molecule has 0 saturated carbocycles. The Bertz CT molecular complexity index is 1330. The van der Waals surface area contributed by atoms with Crippen LogP contribution < -0.4 is 20.7 Å². The number of piperidine rings is 1. The number of fused-ring (bicyclic) bond motifs is 3. The van der Waals surface area contributed by atoms with Crippen LogP contribution in [0.4, 0.5) is 15.9 Å². The number of hydrogen-bond donors (Lipinski definition) is 3. The van der Waals surface area contributed by atoms with Gasteiger partial charge in [-0.2, -0.15) is 9.97 Å². The normalized spacial score (nSPS) is 21.0. The highest BCUT2D eigenvalue weighted by molar-refractivity contribution is 14.1. The van der Waals surface area contributed by atoms with Crippen LogP contribution in [-0.2, 0) is 0 Å². The van der Waals surface area contributed by atoms with E-state index in [1.165, 1.54) is 12.1 Å². The van der Waals surface area contributed by atoms with E-state index in [1.54, 1.807) is 26.4 Å².